The second-order valence-corrected chi connectivity index (χ2v) is 7.26. The van der Waals surface area contributed by atoms with E-state index in [1.165, 1.54) is 4.90 Å². The van der Waals surface area contributed by atoms with E-state index in [4.69, 9.17) is 9.47 Å². The van der Waals surface area contributed by atoms with Gasteiger partial charge in [-0.2, -0.15) is 0 Å². The average molecular weight is 361 g/mol. The van der Waals surface area contributed by atoms with E-state index >= 15 is 0 Å². The molecule has 2 amide bonds. The number of fused-ring (bicyclic) bond motifs is 5. The largest absolute Gasteiger partial charge is 0.493 e. The van der Waals surface area contributed by atoms with Crippen molar-refractivity contribution in [3.63, 3.8) is 0 Å². The molecule has 2 aromatic carbocycles. The zero-order valence-corrected chi connectivity index (χ0v) is 14.9. The lowest BCUT2D eigenvalue weighted by Crippen LogP contribution is -2.32. The molecule has 0 radical (unpaired) electrons. The molecule has 2 bridgehead atoms. The Bertz CT molecular complexity index is 919. The van der Waals surface area contributed by atoms with Crippen LogP contribution in [0.2, 0.25) is 0 Å². The van der Waals surface area contributed by atoms with E-state index in [0.717, 1.165) is 6.42 Å². The van der Waals surface area contributed by atoms with Gasteiger partial charge in [-0.1, -0.05) is 24.3 Å². The Labute approximate surface area is 157 Å². The van der Waals surface area contributed by atoms with Crippen molar-refractivity contribution in [1.82, 2.24) is 0 Å². The molecule has 1 aliphatic heterocycles. The van der Waals surface area contributed by atoms with Crippen molar-refractivity contribution in [2.45, 2.75) is 6.42 Å². The van der Waals surface area contributed by atoms with Gasteiger partial charge in [-0.15, -0.1) is 0 Å². The molecule has 0 spiro atoms. The van der Waals surface area contributed by atoms with E-state index in [0.29, 0.717) is 22.9 Å². The number of amides is 2. The van der Waals surface area contributed by atoms with Gasteiger partial charge in [0.25, 0.3) is 0 Å². The minimum absolute atomic E-state index is 0.0692. The van der Waals surface area contributed by atoms with Crippen molar-refractivity contribution >= 4 is 17.5 Å². The van der Waals surface area contributed by atoms with E-state index in [1.807, 2.05) is 24.3 Å². The maximum absolute atomic E-state index is 12.9. The summed E-state index contributed by atoms with van der Waals surface area (Å²) in [4.78, 5) is 27.1. The van der Waals surface area contributed by atoms with E-state index in [-0.39, 0.29) is 35.5 Å². The second kappa shape index (κ2) is 5.98. The van der Waals surface area contributed by atoms with Crippen LogP contribution in [0.3, 0.4) is 0 Å². The van der Waals surface area contributed by atoms with Crippen LogP contribution in [0.25, 0.3) is 0 Å². The van der Waals surface area contributed by atoms with Gasteiger partial charge in [-0.3, -0.25) is 14.5 Å². The first-order valence-corrected chi connectivity index (χ1v) is 9.14. The van der Waals surface area contributed by atoms with Crippen LogP contribution in [0, 0.1) is 23.7 Å². The van der Waals surface area contributed by atoms with E-state index < -0.39 is 0 Å². The molecule has 0 unspecified atom stereocenters. The first-order valence-electron chi connectivity index (χ1n) is 9.14. The number of para-hydroxylation sites is 2. The molecule has 2 fully saturated rings. The van der Waals surface area contributed by atoms with Gasteiger partial charge in [0.15, 0.2) is 11.5 Å². The molecule has 0 aromatic heterocycles. The first-order chi connectivity index (χ1) is 13.2. The number of hydrogen-bond donors (Lipinski definition) is 0. The van der Waals surface area contributed by atoms with Crippen molar-refractivity contribution in [3.8, 4) is 17.2 Å². The fraction of sp³-hybridized carbons (Fsp3) is 0.273. The Hall–Kier alpha value is -3.08. The van der Waals surface area contributed by atoms with Crippen LogP contribution in [0.4, 0.5) is 5.69 Å². The molecular weight excluding hydrogens is 342 g/mol. The molecule has 5 nitrogen and oxygen atoms in total. The standard InChI is InChI=1S/C22H19NO4/c1-26-17-4-2-3-5-18(17)27-16-10-8-15(9-11-16)23-21(24)19-13-6-7-14(12-13)20(19)22(23)25/h2-11,13-14,19-20H,12H2,1H3/t13-,14+,19-,20-/m0/s1. The number of imide groups is 1. The summed E-state index contributed by atoms with van der Waals surface area (Å²) in [5.74, 6) is 1.79. The smallest absolute Gasteiger partial charge is 0.238 e. The topological polar surface area (TPSA) is 55.8 Å². The number of methoxy groups -OCH3 is 1. The highest BCUT2D eigenvalue weighted by Crippen LogP contribution is 2.53. The monoisotopic (exact) mass is 361 g/mol. The second-order valence-electron chi connectivity index (χ2n) is 7.26. The molecule has 5 rings (SSSR count). The Kier molecular flexibility index (Phi) is 3.57. The Morgan fingerprint density at radius 2 is 1.44 bits per heavy atom. The molecule has 2 aliphatic carbocycles. The third-order valence-corrected chi connectivity index (χ3v) is 5.86. The molecule has 3 aliphatic rings. The van der Waals surface area contributed by atoms with E-state index in [1.54, 1.807) is 31.4 Å². The summed E-state index contributed by atoms with van der Waals surface area (Å²) in [6.07, 6.45) is 5.14. The number of rotatable bonds is 4. The summed E-state index contributed by atoms with van der Waals surface area (Å²) in [6, 6.07) is 14.4. The van der Waals surface area contributed by atoms with Crippen molar-refractivity contribution < 1.29 is 19.1 Å². The van der Waals surface area contributed by atoms with Crippen LogP contribution >= 0.6 is 0 Å². The summed E-state index contributed by atoms with van der Waals surface area (Å²) in [5, 5.41) is 0. The lowest BCUT2D eigenvalue weighted by molar-refractivity contribution is -0.123. The SMILES string of the molecule is COc1ccccc1Oc1ccc(N2C(=O)[C@@H]3[C@@H](C2=O)[C@H]2C=C[C@@H]3C2)cc1. The predicted octanol–water partition coefficient (Wildman–Crippen LogP) is 3.80. The van der Waals surface area contributed by atoms with Gasteiger partial charge in [0, 0.05) is 0 Å². The van der Waals surface area contributed by atoms with Gasteiger partial charge in [-0.05, 0) is 54.7 Å². The van der Waals surface area contributed by atoms with Crippen LogP contribution in [-0.4, -0.2) is 18.9 Å². The molecule has 5 heteroatoms. The number of nitrogens with zero attached hydrogens (tertiary/aromatic N) is 1. The van der Waals surface area contributed by atoms with Gasteiger partial charge >= 0.3 is 0 Å². The highest BCUT2D eigenvalue weighted by Gasteiger charge is 2.59. The molecule has 1 heterocycles. The maximum Gasteiger partial charge on any atom is 0.238 e. The lowest BCUT2D eigenvalue weighted by Gasteiger charge is -2.18. The number of benzene rings is 2. The fourth-order valence-corrected chi connectivity index (χ4v) is 4.65. The normalized spacial score (nSPS) is 28.0. The Morgan fingerprint density at radius 1 is 0.852 bits per heavy atom. The van der Waals surface area contributed by atoms with Gasteiger partial charge in [0.1, 0.15) is 5.75 Å². The van der Waals surface area contributed by atoms with Gasteiger partial charge in [-0.25, -0.2) is 0 Å². The number of carbonyl (C=O) groups excluding carboxylic acids is 2. The summed E-state index contributed by atoms with van der Waals surface area (Å²) in [7, 11) is 1.59. The molecule has 1 saturated heterocycles. The number of carbonyl (C=O) groups is 2. The van der Waals surface area contributed by atoms with Crippen LogP contribution in [0.1, 0.15) is 6.42 Å². The third-order valence-electron chi connectivity index (χ3n) is 5.86. The van der Waals surface area contributed by atoms with Gasteiger partial charge in [0.2, 0.25) is 11.8 Å². The van der Waals surface area contributed by atoms with Crippen molar-refractivity contribution in [1.29, 1.82) is 0 Å². The number of ether oxygens (including phenoxy) is 2. The zero-order valence-electron chi connectivity index (χ0n) is 14.9. The van der Waals surface area contributed by atoms with Crippen LogP contribution in [0.15, 0.2) is 60.7 Å². The van der Waals surface area contributed by atoms with Crippen molar-refractivity contribution in [2.24, 2.45) is 23.7 Å². The molecule has 1 saturated carbocycles. The molecule has 0 N–H and O–H groups in total. The maximum atomic E-state index is 12.9. The fourth-order valence-electron chi connectivity index (χ4n) is 4.65. The van der Waals surface area contributed by atoms with E-state index in [9.17, 15) is 9.59 Å². The molecule has 4 atom stereocenters. The summed E-state index contributed by atoms with van der Waals surface area (Å²) < 4.78 is 11.2. The highest BCUT2D eigenvalue weighted by atomic mass is 16.5. The quantitative estimate of drug-likeness (QED) is 0.614. The highest BCUT2D eigenvalue weighted by molar-refractivity contribution is 6.22. The first kappa shape index (κ1) is 16.1. The van der Waals surface area contributed by atoms with E-state index in [2.05, 4.69) is 12.2 Å². The molecule has 27 heavy (non-hydrogen) atoms. The Morgan fingerprint density at radius 3 is 2.04 bits per heavy atom. The number of hydrogen-bond acceptors (Lipinski definition) is 4. The van der Waals surface area contributed by atoms with Crippen LogP contribution in [0.5, 0.6) is 17.2 Å². The average Bonchev–Trinajstić information content (AvgIpc) is 3.37. The van der Waals surface area contributed by atoms with Gasteiger partial charge < -0.3 is 9.47 Å². The number of allylic oxidation sites excluding steroid dienone is 2. The molecule has 136 valence electrons. The Balaban J connectivity index is 1.38. The van der Waals surface area contributed by atoms with Crippen molar-refractivity contribution in [3.05, 3.63) is 60.7 Å². The summed E-state index contributed by atoms with van der Waals surface area (Å²) in [6.45, 7) is 0. The minimum Gasteiger partial charge on any atom is -0.493 e. The lowest BCUT2D eigenvalue weighted by atomic mass is 9.85. The molecular formula is C22H19NO4. The van der Waals surface area contributed by atoms with Gasteiger partial charge in [0.05, 0.1) is 24.6 Å². The van der Waals surface area contributed by atoms with Crippen LogP contribution in [-0.2, 0) is 9.59 Å². The summed E-state index contributed by atoms with van der Waals surface area (Å²) >= 11 is 0. The van der Waals surface area contributed by atoms with Crippen LogP contribution < -0.4 is 14.4 Å². The summed E-state index contributed by atoms with van der Waals surface area (Å²) in [5.41, 5.74) is 0.603. The molecule has 2 aromatic rings. The van der Waals surface area contributed by atoms with Crippen molar-refractivity contribution in [2.75, 3.05) is 12.0 Å². The minimum atomic E-state index is -0.183. The predicted molar refractivity (Wildman–Crippen MR) is 99.7 cm³/mol. The third kappa shape index (κ3) is 2.38. The number of anilines is 1. The zero-order chi connectivity index (χ0) is 18.5.